The minimum Gasteiger partial charge on any atom is -0.321 e. The van der Waals surface area contributed by atoms with Gasteiger partial charge >= 0.3 is 0 Å². The molecule has 0 aliphatic rings. The van der Waals surface area contributed by atoms with E-state index in [-0.39, 0.29) is 5.91 Å². The van der Waals surface area contributed by atoms with Crippen molar-refractivity contribution >= 4 is 22.5 Å². The number of anilines is 1. The van der Waals surface area contributed by atoms with Crippen LogP contribution in [0.15, 0.2) is 61.4 Å². The molecule has 3 heterocycles. The van der Waals surface area contributed by atoms with Crippen molar-refractivity contribution in [2.24, 2.45) is 0 Å². The van der Waals surface area contributed by atoms with Crippen molar-refractivity contribution in [1.29, 1.82) is 0 Å². The zero-order valence-electron chi connectivity index (χ0n) is 12.0. The number of nitrogens with one attached hydrogen (secondary N) is 2. The third-order valence-electron chi connectivity index (χ3n) is 3.48. The lowest BCUT2D eigenvalue weighted by Crippen LogP contribution is -2.14. The van der Waals surface area contributed by atoms with Gasteiger partial charge in [0.15, 0.2) is 0 Å². The van der Waals surface area contributed by atoms with E-state index in [1.165, 1.54) is 0 Å². The molecule has 4 aromatic rings. The number of amides is 1. The Morgan fingerprint density at radius 3 is 3.00 bits per heavy atom. The second-order valence-electron chi connectivity index (χ2n) is 5.00. The number of rotatable bonds is 3. The van der Waals surface area contributed by atoms with Crippen LogP contribution in [0.2, 0.25) is 0 Å². The molecule has 1 aromatic carbocycles. The van der Waals surface area contributed by atoms with Crippen LogP contribution in [-0.4, -0.2) is 30.6 Å². The van der Waals surface area contributed by atoms with E-state index in [1.807, 2.05) is 35.0 Å². The third-order valence-corrected chi connectivity index (χ3v) is 3.48. The van der Waals surface area contributed by atoms with Crippen LogP contribution in [-0.2, 0) is 0 Å². The Morgan fingerprint density at radius 1 is 1.17 bits per heavy atom. The van der Waals surface area contributed by atoms with E-state index in [0.717, 1.165) is 16.6 Å². The van der Waals surface area contributed by atoms with E-state index in [4.69, 9.17) is 0 Å². The predicted molar refractivity (Wildman–Crippen MR) is 85.4 cm³/mol. The largest absolute Gasteiger partial charge is 0.321 e. The molecule has 23 heavy (non-hydrogen) atoms. The van der Waals surface area contributed by atoms with E-state index in [2.05, 4.69) is 25.5 Å². The molecule has 0 aliphatic heterocycles. The number of nitrogens with zero attached hydrogens (tertiary/aromatic N) is 4. The number of aromatic nitrogens is 5. The SMILES string of the molecule is O=C(Nc1ccc2cn[nH]c2c1)c1cc(-n2ccnc2)ccn1. The van der Waals surface area contributed by atoms with Gasteiger partial charge in [-0.1, -0.05) is 0 Å². The Bertz CT molecular complexity index is 973. The van der Waals surface area contributed by atoms with E-state index >= 15 is 0 Å². The van der Waals surface area contributed by atoms with Crippen molar-refractivity contribution in [2.75, 3.05) is 5.32 Å². The van der Waals surface area contributed by atoms with Gasteiger partial charge in [-0.25, -0.2) is 4.98 Å². The first-order valence-electron chi connectivity index (χ1n) is 6.98. The van der Waals surface area contributed by atoms with Crippen LogP contribution >= 0.6 is 0 Å². The van der Waals surface area contributed by atoms with Gasteiger partial charge in [0.25, 0.3) is 5.91 Å². The molecular formula is C16H12N6O. The summed E-state index contributed by atoms with van der Waals surface area (Å²) >= 11 is 0. The summed E-state index contributed by atoms with van der Waals surface area (Å²) in [6.45, 7) is 0. The minimum absolute atomic E-state index is 0.272. The lowest BCUT2D eigenvalue weighted by molar-refractivity contribution is 0.102. The summed E-state index contributed by atoms with van der Waals surface area (Å²) in [7, 11) is 0. The molecule has 0 saturated carbocycles. The molecule has 0 spiro atoms. The number of fused-ring (bicyclic) bond motifs is 1. The molecule has 7 nitrogen and oxygen atoms in total. The average Bonchev–Trinajstić information content (AvgIpc) is 3.26. The highest BCUT2D eigenvalue weighted by molar-refractivity contribution is 6.04. The van der Waals surface area contributed by atoms with E-state index < -0.39 is 0 Å². The van der Waals surface area contributed by atoms with Crippen molar-refractivity contribution in [3.63, 3.8) is 0 Å². The van der Waals surface area contributed by atoms with Gasteiger partial charge in [0.05, 0.1) is 23.7 Å². The fraction of sp³-hybridized carbons (Fsp3) is 0. The van der Waals surface area contributed by atoms with Gasteiger partial charge in [0, 0.05) is 29.7 Å². The van der Waals surface area contributed by atoms with E-state index in [0.29, 0.717) is 11.4 Å². The summed E-state index contributed by atoms with van der Waals surface area (Å²) < 4.78 is 1.81. The highest BCUT2D eigenvalue weighted by atomic mass is 16.1. The monoisotopic (exact) mass is 304 g/mol. The van der Waals surface area contributed by atoms with Crippen LogP contribution in [0.5, 0.6) is 0 Å². The fourth-order valence-corrected chi connectivity index (χ4v) is 2.33. The number of benzene rings is 1. The Kier molecular flexibility index (Phi) is 3.09. The highest BCUT2D eigenvalue weighted by Crippen LogP contribution is 2.17. The second-order valence-corrected chi connectivity index (χ2v) is 5.00. The lowest BCUT2D eigenvalue weighted by atomic mass is 10.2. The standard InChI is InChI=1S/C16H12N6O/c23-16(20-12-2-1-11-9-19-21-14(11)7-12)15-8-13(3-4-18-15)22-6-5-17-10-22/h1-10H,(H,19,21)(H,20,23). The van der Waals surface area contributed by atoms with Crippen molar-refractivity contribution in [2.45, 2.75) is 0 Å². The first-order chi connectivity index (χ1) is 11.3. The molecule has 7 heteroatoms. The Morgan fingerprint density at radius 2 is 2.13 bits per heavy atom. The molecule has 3 aromatic heterocycles. The summed E-state index contributed by atoms with van der Waals surface area (Å²) in [6, 6.07) is 9.08. The maximum Gasteiger partial charge on any atom is 0.274 e. The summed E-state index contributed by atoms with van der Waals surface area (Å²) in [5, 5.41) is 10.7. The molecule has 0 unspecified atom stereocenters. The molecule has 0 fully saturated rings. The molecule has 0 atom stereocenters. The smallest absolute Gasteiger partial charge is 0.274 e. The summed E-state index contributed by atoms with van der Waals surface area (Å²) in [6.07, 6.45) is 8.49. The zero-order valence-corrected chi connectivity index (χ0v) is 12.0. The van der Waals surface area contributed by atoms with E-state index in [9.17, 15) is 4.79 Å². The number of imidazole rings is 1. The Labute approximate surface area is 131 Å². The maximum atomic E-state index is 12.4. The molecule has 0 aliphatic carbocycles. The molecule has 112 valence electrons. The fourth-order valence-electron chi connectivity index (χ4n) is 2.33. The Balaban J connectivity index is 1.60. The molecule has 0 radical (unpaired) electrons. The molecular weight excluding hydrogens is 292 g/mol. The van der Waals surface area contributed by atoms with Gasteiger partial charge in [-0.05, 0) is 30.3 Å². The van der Waals surface area contributed by atoms with E-state index in [1.54, 1.807) is 31.0 Å². The average molecular weight is 304 g/mol. The van der Waals surface area contributed by atoms with Crippen molar-refractivity contribution in [1.82, 2.24) is 24.7 Å². The number of carbonyl (C=O) groups is 1. The predicted octanol–water partition coefficient (Wildman–Crippen LogP) is 2.40. The van der Waals surface area contributed by atoms with Gasteiger partial charge in [0.1, 0.15) is 5.69 Å². The van der Waals surface area contributed by atoms with Gasteiger partial charge < -0.3 is 9.88 Å². The summed E-state index contributed by atoms with van der Waals surface area (Å²) in [5.41, 5.74) is 2.71. The number of hydrogen-bond acceptors (Lipinski definition) is 4. The van der Waals surface area contributed by atoms with Gasteiger partial charge in [-0.3, -0.25) is 14.9 Å². The van der Waals surface area contributed by atoms with Crippen LogP contribution in [0.25, 0.3) is 16.6 Å². The van der Waals surface area contributed by atoms with Crippen molar-refractivity contribution in [3.8, 4) is 5.69 Å². The van der Waals surface area contributed by atoms with Crippen molar-refractivity contribution in [3.05, 3.63) is 67.1 Å². The highest BCUT2D eigenvalue weighted by Gasteiger charge is 2.10. The van der Waals surface area contributed by atoms with Crippen LogP contribution in [0.3, 0.4) is 0 Å². The molecule has 0 bridgehead atoms. The number of aromatic amines is 1. The molecule has 1 amide bonds. The first kappa shape index (κ1) is 13.2. The van der Waals surface area contributed by atoms with Crippen LogP contribution in [0.4, 0.5) is 5.69 Å². The van der Waals surface area contributed by atoms with Gasteiger partial charge in [-0.15, -0.1) is 0 Å². The second kappa shape index (κ2) is 5.38. The molecule has 0 saturated heterocycles. The summed E-state index contributed by atoms with van der Waals surface area (Å²) in [5.74, 6) is -0.272. The number of carbonyl (C=O) groups excluding carboxylic acids is 1. The normalized spacial score (nSPS) is 10.8. The van der Waals surface area contributed by atoms with Gasteiger partial charge in [-0.2, -0.15) is 5.10 Å². The Hall–Kier alpha value is -3.48. The third kappa shape index (κ3) is 2.55. The zero-order chi connectivity index (χ0) is 15.6. The minimum atomic E-state index is -0.272. The van der Waals surface area contributed by atoms with Crippen LogP contribution < -0.4 is 5.32 Å². The van der Waals surface area contributed by atoms with Crippen LogP contribution in [0.1, 0.15) is 10.5 Å². The summed E-state index contributed by atoms with van der Waals surface area (Å²) in [4.78, 5) is 20.5. The quantitative estimate of drug-likeness (QED) is 0.608. The molecule has 2 N–H and O–H groups in total. The lowest BCUT2D eigenvalue weighted by Gasteiger charge is -2.07. The van der Waals surface area contributed by atoms with Crippen molar-refractivity contribution < 1.29 is 4.79 Å². The number of pyridine rings is 1. The topological polar surface area (TPSA) is 88.5 Å². The first-order valence-corrected chi connectivity index (χ1v) is 6.98. The number of H-pyrrole nitrogens is 1. The number of hydrogen-bond donors (Lipinski definition) is 2. The maximum absolute atomic E-state index is 12.4. The van der Waals surface area contributed by atoms with Gasteiger partial charge in [0.2, 0.25) is 0 Å². The van der Waals surface area contributed by atoms with Crippen LogP contribution in [0, 0.1) is 0 Å². The molecule has 4 rings (SSSR count).